The standard InChI is InChI=1S/C21H19Cl2NO2S/c1-16-12-19(22)20(23)13-21(16)27(25,26)24(14-17-8-4-2-5-9-17)15-18-10-6-3-7-11-18/h2-13H,14-15H2,1H3. The second-order valence-corrected chi connectivity index (χ2v) is 9.00. The Kier molecular flexibility index (Phi) is 6.22. The third-order valence-electron chi connectivity index (χ3n) is 4.24. The number of hydrogen-bond donors (Lipinski definition) is 0. The summed E-state index contributed by atoms with van der Waals surface area (Å²) in [6.07, 6.45) is 0. The van der Waals surface area contributed by atoms with Crippen LogP contribution < -0.4 is 0 Å². The van der Waals surface area contributed by atoms with Gasteiger partial charge in [0.2, 0.25) is 10.0 Å². The minimum absolute atomic E-state index is 0.170. The number of rotatable bonds is 6. The maximum absolute atomic E-state index is 13.4. The van der Waals surface area contributed by atoms with E-state index in [1.807, 2.05) is 60.7 Å². The molecule has 0 N–H and O–H groups in total. The number of halogens is 2. The van der Waals surface area contributed by atoms with E-state index in [4.69, 9.17) is 23.2 Å². The highest BCUT2D eigenvalue weighted by atomic mass is 35.5. The van der Waals surface area contributed by atoms with Gasteiger partial charge in [-0.05, 0) is 35.7 Å². The molecule has 0 radical (unpaired) electrons. The maximum atomic E-state index is 13.4. The molecule has 140 valence electrons. The summed E-state index contributed by atoms with van der Waals surface area (Å²) in [4.78, 5) is 0.170. The number of aryl methyl sites for hydroxylation is 1. The molecule has 0 aliphatic heterocycles. The summed E-state index contributed by atoms with van der Waals surface area (Å²) in [5.41, 5.74) is 2.39. The summed E-state index contributed by atoms with van der Waals surface area (Å²) in [6, 6.07) is 22.1. The SMILES string of the molecule is Cc1cc(Cl)c(Cl)cc1S(=O)(=O)N(Cc1ccccc1)Cc1ccccc1. The topological polar surface area (TPSA) is 37.4 Å². The Morgan fingerprint density at radius 2 is 1.22 bits per heavy atom. The fraction of sp³-hybridized carbons (Fsp3) is 0.143. The third kappa shape index (κ3) is 4.71. The average Bonchev–Trinajstić information content (AvgIpc) is 2.66. The van der Waals surface area contributed by atoms with E-state index in [-0.39, 0.29) is 23.0 Å². The first-order valence-corrected chi connectivity index (χ1v) is 10.6. The van der Waals surface area contributed by atoms with Crippen LogP contribution in [-0.2, 0) is 23.1 Å². The van der Waals surface area contributed by atoms with Crippen molar-refractivity contribution in [3.8, 4) is 0 Å². The summed E-state index contributed by atoms with van der Waals surface area (Å²) in [7, 11) is -3.78. The highest BCUT2D eigenvalue weighted by Crippen LogP contribution is 2.31. The number of benzene rings is 3. The molecule has 0 aromatic heterocycles. The van der Waals surface area contributed by atoms with Crippen LogP contribution in [0.4, 0.5) is 0 Å². The average molecular weight is 420 g/mol. The van der Waals surface area contributed by atoms with Crippen molar-refractivity contribution in [1.82, 2.24) is 4.31 Å². The van der Waals surface area contributed by atoms with Gasteiger partial charge >= 0.3 is 0 Å². The van der Waals surface area contributed by atoms with E-state index in [1.54, 1.807) is 13.0 Å². The number of sulfonamides is 1. The van der Waals surface area contributed by atoms with Crippen LogP contribution in [0.1, 0.15) is 16.7 Å². The van der Waals surface area contributed by atoms with Crippen molar-refractivity contribution >= 4 is 33.2 Å². The first-order valence-electron chi connectivity index (χ1n) is 8.41. The van der Waals surface area contributed by atoms with E-state index in [1.165, 1.54) is 10.4 Å². The van der Waals surface area contributed by atoms with Crippen molar-refractivity contribution in [1.29, 1.82) is 0 Å². The number of hydrogen-bond acceptors (Lipinski definition) is 2. The molecule has 0 spiro atoms. The monoisotopic (exact) mass is 419 g/mol. The van der Waals surface area contributed by atoms with Crippen LogP contribution in [0.15, 0.2) is 77.7 Å². The second kappa shape index (κ2) is 8.44. The summed E-state index contributed by atoms with van der Waals surface area (Å²) >= 11 is 12.1. The van der Waals surface area contributed by atoms with Crippen LogP contribution >= 0.6 is 23.2 Å². The molecule has 0 aliphatic rings. The maximum Gasteiger partial charge on any atom is 0.243 e. The van der Waals surface area contributed by atoms with E-state index in [9.17, 15) is 8.42 Å². The predicted molar refractivity (Wildman–Crippen MR) is 111 cm³/mol. The molecular formula is C21H19Cl2NO2S. The van der Waals surface area contributed by atoms with Gasteiger partial charge in [0, 0.05) is 13.1 Å². The highest BCUT2D eigenvalue weighted by molar-refractivity contribution is 7.89. The van der Waals surface area contributed by atoms with Gasteiger partial charge in [-0.15, -0.1) is 0 Å². The summed E-state index contributed by atoms with van der Waals surface area (Å²) in [5, 5.41) is 0.561. The molecule has 0 atom stereocenters. The quantitative estimate of drug-likeness (QED) is 0.514. The first-order chi connectivity index (χ1) is 12.9. The van der Waals surface area contributed by atoms with Crippen molar-refractivity contribution in [2.24, 2.45) is 0 Å². The van der Waals surface area contributed by atoms with Crippen molar-refractivity contribution in [2.75, 3.05) is 0 Å². The van der Waals surface area contributed by atoms with Gasteiger partial charge in [0.25, 0.3) is 0 Å². The summed E-state index contributed by atoms with van der Waals surface area (Å²) < 4.78 is 28.4. The molecule has 0 amide bonds. The normalized spacial score (nSPS) is 11.7. The largest absolute Gasteiger partial charge is 0.243 e. The van der Waals surface area contributed by atoms with Crippen LogP contribution in [0.25, 0.3) is 0 Å². The van der Waals surface area contributed by atoms with E-state index in [2.05, 4.69) is 0 Å². The molecule has 0 aliphatic carbocycles. The van der Waals surface area contributed by atoms with Crippen LogP contribution in [0, 0.1) is 6.92 Å². The Morgan fingerprint density at radius 1 is 0.778 bits per heavy atom. The molecule has 0 saturated carbocycles. The zero-order valence-corrected chi connectivity index (χ0v) is 17.1. The van der Waals surface area contributed by atoms with Crippen molar-refractivity contribution in [3.05, 3.63) is 99.5 Å². The lowest BCUT2D eigenvalue weighted by Gasteiger charge is -2.24. The first kappa shape index (κ1) is 19.9. The molecule has 0 saturated heterocycles. The minimum Gasteiger partial charge on any atom is -0.207 e. The van der Waals surface area contributed by atoms with Crippen LogP contribution in [0.3, 0.4) is 0 Å². The lowest BCUT2D eigenvalue weighted by Crippen LogP contribution is -2.30. The lowest BCUT2D eigenvalue weighted by atomic mass is 10.2. The highest BCUT2D eigenvalue weighted by Gasteiger charge is 2.27. The molecule has 3 aromatic rings. The van der Waals surface area contributed by atoms with E-state index >= 15 is 0 Å². The molecular weight excluding hydrogens is 401 g/mol. The van der Waals surface area contributed by atoms with Crippen LogP contribution in [0.5, 0.6) is 0 Å². The zero-order valence-electron chi connectivity index (χ0n) is 14.8. The molecule has 27 heavy (non-hydrogen) atoms. The van der Waals surface area contributed by atoms with Crippen molar-refractivity contribution < 1.29 is 8.42 Å². The molecule has 3 nitrogen and oxygen atoms in total. The third-order valence-corrected chi connectivity index (χ3v) is 6.90. The molecule has 0 heterocycles. The van der Waals surface area contributed by atoms with Gasteiger partial charge < -0.3 is 0 Å². The minimum atomic E-state index is -3.78. The van der Waals surface area contributed by atoms with Gasteiger partial charge in [0.05, 0.1) is 14.9 Å². The van der Waals surface area contributed by atoms with E-state index in [0.29, 0.717) is 10.6 Å². The molecule has 0 unspecified atom stereocenters. The Morgan fingerprint density at radius 3 is 1.70 bits per heavy atom. The lowest BCUT2D eigenvalue weighted by molar-refractivity contribution is 0.401. The summed E-state index contributed by atoms with van der Waals surface area (Å²) in [6.45, 7) is 2.24. The Balaban J connectivity index is 2.04. The zero-order chi connectivity index (χ0) is 19.4. The number of nitrogens with zero attached hydrogens (tertiary/aromatic N) is 1. The van der Waals surface area contributed by atoms with Crippen molar-refractivity contribution in [3.63, 3.8) is 0 Å². The Labute approximate surface area is 170 Å². The molecule has 3 rings (SSSR count). The second-order valence-electron chi connectivity index (χ2n) is 6.28. The molecule has 6 heteroatoms. The van der Waals surface area contributed by atoms with Gasteiger partial charge in [-0.25, -0.2) is 8.42 Å². The Bertz CT molecular complexity index is 981. The predicted octanol–water partition coefficient (Wildman–Crippen LogP) is 5.69. The molecule has 3 aromatic carbocycles. The van der Waals surface area contributed by atoms with E-state index in [0.717, 1.165) is 11.1 Å². The van der Waals surface area contributed by atoms with Crippen LogP contribution in [-0.4, -0.2) is 12.7 Å². The Hall–Kier alpha value is -1.85. The fourth-order valence-electron chi connectivity index (χ4n) is 2.84. The fourth-order valence-corrected chi connectivity index (χ4v) is 4.94. The van der Waals surface area contributed by atoms with Crippen LogP contribution in [0.2, 0.25) is 10.0 Å². The van der Waals surface area contributed by atoms with Gasteiger partial charge in [-0.2, -0.15) is 4.31 Å². The molecule has 0 bridgehead atoms. The van der Waals surface area contributed by atoms with Gasteiger partial charge in [0.15, 0.2) is 0 Å². The van der Waals surface area contributed by atoms with Gasteiger partial charge in [-0.1, -0.05) is 83.9 Å². The van der Waals surface area contributed by atoms with Crippen molar-refractivity contribution in [2.45, 2.75) is 24.9 Å². The summed E-state index contributed by atoms with van der Waals surface area (Å²) in [5.74, 6) is 0. The van der Waals surface area contributed by atoms with Gasteiger partial charge in [0.1, 0.15) is 0 Å². The smallest absolute Gasteiger partial charge is 0.207 e. The van der Waals surface area contributed by atoms with Gasteiger partial charge in [-0.3, -0.25) is 0 Å². The molecule has 0 fully saturated rings. The van der Waals surface area contributed by atoms with E-state index < -0.39 is 10.0 Å².